The zero-order valence-electron chi connectivity index (χ0n) is 17.5. The molecule has 1 atom stereocenters. The molecule has 4 nitrogen and oxygen atoms in total. The number of nitrogens with one attached hydrogen (secondary N) is 1. The Morgan fingerprint density at radius 1 is 1.10 bits per heavy atom. The minimum absolute atomic E-state index is 0.164. The van der Waals surface area contributed by atoms with Gasteiger partial charge >= 0.3 is 0 Å². The molecule has 1 aromatic heterocycles. The molecule has 1 unspecified atom stereocenters. The maximum absolute atomic E-state index is 6.46. The Morgan fingerprint density at radius 3 is 2.61 bits per heavy atom. The lowest BCUT2D eigenvalue weighted by molar-refractivity contribution is -0.704. The molecular formula is C24H27Cl3N3O+. The number of allylic oxidation sites excluding steroid dienone is 1. The number of benzene rings is 2. The van der Waals surface area contributed by atoms with Gasteiger partial charge in [0.05, 0.1) is 13.2 Å². The van der Waals surface area contributed by atoms with Crippen molar-refractivity contribution in [3.63, 3.8) is 0 Å². The fraction of sp³-hybridized carbons (Fsp3) is 0.292. The van der Waals surface area contributed by atoms with Crippen LogP contribution in [0.2, 0.25) is 15.1 Å². The van der Waals surface area contributed by atoms with Gasteiger partial charge in [-0.15, -0.1) is 0 Å². The average Bonchev–Trinajstić information content (AvgIpc) is 3.19. The van der Waals surface area contributed by atoms with Crippen molar-refractivity contribution in [1.82, 2.24) is 4.57 Å². The third-order valence-electron chi connectivity index (χ3n) is 4.81. The Balaban J connectivity index is 1.61. The van der Waals surface area contributed by atoms with Crippen LogP contribution in [0.25, 0.3) is 0 Å². The number of imidazole rings is 1. The predicted molar refractivity (Wildman–Crippen MR) is 129 cm³/mol. The van der Waals surface area contributed by atoms with Crippen LogP contribution >= 0.6 is 34.8 Å². The molecule has 0 amide bonds. The first-order chi connectivity index (χ1) is 15.0. The molecule has 0 bridgehead atoms. The van der Waals surface area contributed by atoms with E-state index in [0.29, 0.717) is 23.2 Å². The monoisotopic (exact) mass is 478 g/mol. The van der Waals surface area contributed by atoms with E-state index in [1.54, 1.807) is 6.07 Å². The third kappa shape index (κ3) is 7.58. The summed E-state index contributed by atoms with van der Waals surface area (Å²) in [5.74, 6) is 0. The van der Waals surface area contributed by atoms with Crippen molar-refractivity contribution in [2.75, 3.05) is 18.5 Å². The molecule has 3 rings (SSSR count). The Labute approximate surface area is 199 Å². The lowest BCUT2D eigenvalue weighted by atomic mass is 10.1. The lowest BCUT2D eigenvalue weighted by Crippen LogP contribution is -2.36. The van der Waals surface area contributed by atoms with E-state index in [9.17, 15) is 0 Å². The van der Waals surface area contributed by atoms with Crippen LogP contribution in [0.15, 0.2) is 73.3 Å². The smallest absolute Gasteiger partial charge is 0.243 e. The summed E-state index contributed by atoms with van der Waals surface area (Å²) in [6, 6.07) is 13.3. The molecule has 0 aliphatic rings. The van der Waals surface area contributed by atoms with Crippen molar-refractivity contribution in [2.45, 2.75) is 32.5 Å². The Hall–Kier alpha value is -1.98. The van der Waals surface area contributed by atoms with Crippen molar-refractivity contribution < 1.29 is 9.30 Å². The number of rotatable bonds is 11. The molecule has 7 heteroatoms. The van der Waals surface area contributed by atoms with Crippen LogP contribution in [-0.2, 0) is 17.8 Å². The number of halogens is 3. The van der Waals surface area contributed by atoms with E-state index in [-0.39, 0.29) is 6.10 Å². The van der Waals surface area contributed by atoms with E-state index in [1.807, 2.05) is 49.4 Å². The van der Waals surface area contributed by atoms with Crippen molar-refractivity contribution in [2.24, 2.45) is 0 Å². The molecule has 2 aromatic carbocycles. The molecule has 0 fully saturated rings. The molecule has 0 aliphatic carbocycles. The first-order valence-electron chi connectivity index (χ1n) is 10.3. The van der Waals surface area contributed by atoms with E-state index >= 15 is 0 Å². The molecule has 0 saturated carbocycles. The largest absolute Gasteiger partial charge is 0.381 e. The molecule has 0 spiro atoms. The van der Waals surface area contributed by atoms with Gasteiger partial charge in [0.15, 0.2) is 0 Å². The minimum atomic E-state index is -0.164. The molecule has 0 saturated heterocycles. The number of hydrogen-bond acceptors (Lipinski definition) is 2. The predicted octanol–water partition coefficient (Wildman–Crippen LogP) is 6.57. The highest BCUT2D eigenvalue weighted by atomic mass is 35.5. The Bertz CT molecular complexity index is 986. The van der Waals surface area contributed by atoms with E-state index in [4.69, 9.17) is 39.5 Å². The number of hydrogen-bond donors (Lipinski definition) is 1. The molecule has 3 aromatic rings. The van der Waals surface area contributed by atoms with Crippen LogP contribution in [0.5, 0.6) is 0 Å². The summed E-state index contributed by atoms with van der Waals surface area (Å²) in [5.41, 5.74) is 1.99. The van der Waals surface area contributed by atoms with E-state index < -0.39 is 0 Å². The van der Waals surface area contributed by atoms with Crippen molar-refractivity contribution in [3.05, 3.63) is 94.0 Å². The number of anilines is 1. The van der Waals surface area contributed by atoms with E-state index in [0.717, 1.165) is 35.8 Å². The standard InChI is InChI=1S/C24H27Cl3N3O/c1-2-3-4-15-31-24(22-10-7-20(26)16-23(22)27)17-30-14-13-29(18-30)12-11-28-21-8-5-19(25)6-9-21/h2-3,5-10,13-14,16,18,24,28H,4,11-12,15,17H2,1H3/q+1/b3-2+. The Kier molecular flexibility index (Phi) is 9.29. The summed E-state index contributed by atoms with van der Waals surface area (Å²) in [4.78, 5) is 0. The second-order valence-corrected chi connectivity index (χ2v) is 8.44. The summed E-state index contributed by atoms with van der Waals surface area (Å²) in [7, 11) is 0. The topological polar surface area (TPSA) is 30.1 Å². The van der Waals surface area contributed by atoms with Crippen LogP contribution in [0.1, 0.15) is 25.0 Å². The molecule has 0 aliphatic heterocycles. The number of ether oxygens (including phenoxy) is 1. The molecule has 1 N–H and O–H groups in total. The highest BCUT2D eigenvalue weighted by Gasteiger charge is 2.19. The molecule has 31 heavy (non-hydrogen) atoms. The van der Waals surface area contributed by atoms with Gasteiger partial charge in [0.2, 0.25) is 6.33 Å². The number of aromatic nitrogens is 2. The maximum atomic E-state index is 6.46. The highest BCUT2D eigenvalue weighted by molar-refractivity contribution is 6.35. The van der Waals surface area contributed by atoms with Crippen LogP contribution in [-0.4, -0.2) is 17.7 Å². The minimum Gasteiger partial charge on any atom is -0.381 e. The zero-order chi connectivity index (χ0) is 22.1. The van der Waals surface area contributed by atoms with Gasteiger partial charge in [0, 0.05) is 26.3 Å². The first kappa shape index (κ1) is 23.7. The van der Waals surface area contributed by atoms with Gasteiger partial charge in [0.1, 0.15) is 31.6 Å². The van der Waals surface area contributed by atoms with Crippen LogP contribution < -0.4 is 9.88 Å². The number of nitrogens with zero attached hydrogens (tertiary/aromatic N) is 2. The van der Waals surface area contributed by atoms with E-state index in [2.05, 4.69) is 39.2 Å². The fourth-order valence-electron chi connectivity index (χ4n) is 3.22. The van der Waals surface area contributed by atoms with Gasteiger partial charge in [-0.2, -0.15) is 0 Å². The van der Waals surface area contributed by atoms with Crippen molar-refractivity contribution in [1.29, 1.82) is 0 Å². The average molecular weight is 480 g/mol. The fourth-order valence-corrected chi connectivity index (χ4v) is 3.87. The normalized spacial score (nSPS) is 12.4. The van der Waals surface area contributed by atoms with Gasteiger partial charge in [-0.1, -0.05) is 53.0 Å². The SMILES string of the molecule is C/C=C/CCOC(C[n+]1ccn(CCNc2ccc(Cl)cc2)c1)c1ccc(Cl)cc1Cl. The second-order valence-electron chi connectivity index (χ2n) is 7.16. The third-order valence-corrected chi connectivity index (χ3v) is 5.63. The molecular weight excluding hydrogens is 453 g/mol. The summed E-state index contributed by atoms with van der Waals surface area (Å²) in [6.45, 7) is 4.94. The van der Waals surface area contributed by atoms with Gasteiger partial charge in [0.25, 0.3) is 0 Å². The van der Waals surface area contributed by atoms with Crippen molar-refractivity contribution in [3.8, 4) is 0 Å². The van der Waals surface area contributed by atoms with Gasteiger partial charge in [-0.25, -0.2) is 9.13 Å². The molecule has 164 valence electrons. The van der Waals surface area contributed by atoms with E-state index in [1.165, 1.54) is 0 Å². The Morgan fingerprint density at radius 2 is 1.87 bits per heavy atom. The zero-order valence-corrected chi connectivity index (χ0v) is 19.7. The van der Waals surface area contributed by atoms with Gasteiger partial charge in [-0.3, -0.25) is 0 Å². The quantitative estimate of drug-likeness (QED) is 0.191. The van der Waals surface area contributed by atoms with Crippen LogP contribution in [0.4, 0.5) is 5.69 Å². The lowest BCUT2D eigenvalue weighted by Gasteiger charge is -2.18. The second kappa shape index (κ2) is 12.2. The molecule has 1 heterocycles. The summed E-state index contributed by atoms with van der Waals surface area (Å²) >= 11 is 18.5. The van der Waals surface area contributed by atoms with Crippen LogP contribution in [0, 0.1) is 0 Å². The first-order valence-corrected chi connectivity index (χ1v) is 11.4. The maximum Gasteiger partial charge on any atom is 0.243 e. The summed E-state index contributed by atoms with van der Waals surface area (Å²) in [5, 5.41) is 5.38. The molecule has 0 radical (unpaired) electrons. The summed E-state index contributed by atoms with van der Waals surface area (Å²) in [6.07, 6.45) is 11.0. The summed E-state index contributed by atoms with van der Waals surface area (Å²) < 4.78 is 10.4. The highest BCUT2D eigenvalue weighted by Crippen LogP contribution is 2.29. The van der Waals surface area contributed by atoms with Crippen molar-refractivity contribution >= 4 is 40.5 Å². The van der Waals surface area contributed by atoms with Gasteiger partial charge in [-0.05, 0) is 49.7 Å². The van der Waals surface area contributed by atoms with Crippen LogP contribution in [0.3, 0.4) is 0 Å². The van der Waals surface area contributed by atoms with Gasteiger partial charge < -0.3 is 10.1 Å².